The number of carboxylic acids is 1. The van der Waals surface area contributed by atoms with Crippen LogP contribution in [0.3, 0.4) is 0 Å². The van der Waals surface area contributed by atoms with Crippen molar-refractivity contribution in [2.24, 2.45) is 33.8 Å². The van der Waals surface area contributed by atoms with Crippen LogP contribution >= 0.6 is 0 Å². The lowest BCUT2D eigenvalue weighted by molar-refractivity contribution is -0.178. The van der Waals surface area contributed by atoms with Gasteiger partial charge in [0.15, 0.2) is 0 Å². The molecule has 1 unspecified atom stereocenters. The molecule has 3 N–H and O–H groups in total. The number of hydrogen-bond acceptors (Lipinski definition) is 2. The van der Waals surface area contributed by atoms with Gasteiger partial charge >= 0.3 is 5.97 Å². The van der Waals surface area contributed by atoms with Crippen molar-refractivity contribution < 1.29 is 9.90 Å². The van der Waals surface area contributed by atoms with Crippen LogP contribution in [0.4, 0.5) is 0 Å². The molecule has 4 atom stereocenters. The Morgan fingerprint density at radius 1 is 1.56 bits per heavy atom. The molecule has 0 radical (unpaired) electrons. The molecule has 102 valence electrons. The maximum atomic E-state index is 11.8. The molecule has 0 saturated heterocycles. The number of rotatable bonds is 3. The first-order chi connectivity index (χ1) is 8.17. The highest BCUT2D eigenvalue weighted by atomic mass is 16.4. The van der Waals surface area contributed by atoms with Gasteiger partial charge in [-0.25, -0.2) is 0 Å². The van der Waals surface area contributed by atoms with Crippen LogP contribution in [0.2, 0.25) is 0 Å². The lowest BCUT2D eigenvalue weighted by Crippen LogP contribution is -2.63. The molecule has 2 rings (SSSR count). The molecule has 0 aromatic heterocycles. The lowest BCUT2D eigenvalue weighted by Gasteiger charge is -2.63. The minimum Gasteiger partial charge on any atom is -0.481 e. The van der Waals surface area contributed by atoms with E-state index >= 15 is 0 Å². The fraction of sp³-hybridized carbons (Fsp3) is 0.800. The molecule has 2 aliphatic carbocycles. The summed E-state index contributed by atoms with van der Waals surface area (Å²) in [6.45, 7) is 8.76. The summed E-state index contributed by atoms with van der Waals surface area (Å²) < 4.78 is 0. The molecule has 18 heavy (non-hydrogen) atoms. The second kappa shape index (κ2) is 3.83. The second-order valence-electron chi connectivity index (χ2n) is 7.52. The van der Waals surface area contributed by atoms with Crippen molar-refractivity contribution in [3.05, 3.63) is 12.2 Å². The molecular weight excluding hydrogens is 226 g/mol. The van der Waals surface area contributed by atoms with Gasteiger partial charge in [0.1, 0.15) is 0 Å². The molecule has 0 aromatic carbocycles. The van der Waals surface area contributed by atoms with Gasteiger partial charge in [0.05, 0.1) is 5.92 Å². The third-order valence-corrected chi connectivity index (χ3v) is 5.08. The van der Waals surface area contributed by atoms with Crippen molar-refractivity contribution in [2.45, 2.75) is 40.5 Å². The van der Waals surface area contributed by atoms with Crippen LogP contribution in [-0.4, -0.2) is 17.6 Å². The van der Waals surface area contributed by atoms with Crippen molar-refractivity contribution >= 4 is 5.97 Å². The minimum atomic E-state index is -0.699. The SMILES string of the molecule is CC(C)(C)C(C(=O)O)[C@]1(CN)C[C@]2(C)CC=C[C@H]21. The lowest BCUT2D eigenvalue weighted by atomic mass is 9.40. The molecule has 2 aliphatic rings. The van der Waals surface area contributed by atoms with E-state index in [0.717, 1.165) is 12.8 Å². The molecule has 3 heteroatoms. The molecule has 0 amide bonds. The summed E-state index contributed by atoms with van der Waals surface area (Å²) in [6, 6.07) is 0. The van der Waals surface area contributed by atoms with Crippen molar-refractivity contribution in [3.63, 3.8) is 0 Å². The van der Waals surface area contributed by atoms with Crippen molar-refractivity contribution in [2.75, 3.05) is 6.54 Å². The molecule has 1 fully saturated rings. The molecule has 0 spiro atoms. The molecule has 0 heterocycles. The van der Waals surface area contributed by atoms with E-state index in [1.54, 1.807) is 0 Å². The second-order valence-corrected chi connectivity index (χ2v) is 7.52. The highest BCUT2D eigenvalue weighted by Crippen LogP contribution is 2.68. The van der Waals surface area contributed by atoms with Crippen LogP contribution in [0, 0.1) is 28.1 Å². The van der Waals surface area contributed by atoms with Gasteiger partial charge in [0.2, 0.25) is 0 Å². The summed E-state index contributed by atoms with van der Waals surface area (Å²) in [5.74, 6) is -0.749. The predicted octanol–water partition coefficient (Wildman–Crippen LogP) is 2.66. The van der Waals surface area contributed by atoms with Crippen LogP contribution < -0.4 is 5.73 Å². The fourth-order valence-corrected chi connectivity index (χ4v) is 4.71. The number of fused-ring (bicyclic) bond motifs is 1. The Hall–Kier alpha value is -0.830. The number of carbonyl (C=O) groups is 1. The van der Waals surface area contributed by atoms with E-state index in [0.29, 0.717) is 12.5 Å². The van der Waals surface area contributed by atoms with E-state index in [-0.39, 0.29) is 22.2 Å². The zero-order valence-corrected chi connectivity index (χ0v) is 11.9. The normalized spacial score (nSPS) is 40.2. The van der Waals surface area contributed by atoms with Gasteiger partial charge in [-0.05, 0) is 36.1 Å². The van der Waals surface area contributed by atoms with Gasteiger partial charge < -0.3 is 10.8 Å². The van der Waals surface area contributed by atoms with Crippen LogP contribution in [-0.2, 0) is 4.79 Å². The molecule has 0 bridgehead atoms. The van der Waals surface area contributed by atoms with Crippen LogP contribution in [0.15, 0.2) is 12.2 Å². The Bertz CT molecular complexity index is 396. The Morgan fingerprint density at radius 2 is 2.17 bits per heavy atom. The van der Waals surface area contributed by atoms with Crippen molar-refractivity contribution in [3.8, 4) is 0 Å². The highest BCUT2D eigenvalue weighted by molar-refractivity contribution is 5.73. The zero-order chi connectivity index (χ0) is 13.8. The number of nitrogens with two attached hydrogens (primary N) is 1. The Morgan fingerprint density at radius 3 is 2.56 bits per heavy atom. The van der Waals surface area contributed by atoms with E-state index in [2.05, 4.69) is 19.1 Å². The Labute approximate surface area is 109 Å². The molecule has 0 aromatic rings. The zero-order valence-electron chi connectivity index (χ0n) is 11.9. The van der Waals surface area contributed by atoms with E-state index in [1.165, 1.54) is 0 Å². The largest absolute Gasteiger partial charge is 0.481 e. The van der Waals surface area contributed by atoms with Crippen LogP contribution in [0.1, 0.15) is 40.5 Å². The first kappa shape index (κ1) is 13.6. The summed E-state index contributed by atoms with van der Waals surface area (Å²) >= 11 is 0. The third kappa shape index (κ3) is 1.63. The smallest absolute Gasteiger partial charge is 0.307 e. The monoisotopic (exact) mass is 251 g/mol. The maximum Gasteiger partial charge on any atom is 0.307 e. The van der Waals surface area contributed by atoms with Crippen LogP contribution in [0.25, 0.3) is 0 Å². The summed E-state index contributed by atoms with van der Waals surface area (Å²) in [5, 5.41) is 9.66. The first-order valence-corrected chi connectivity index (χ1v) is 6.77. The number of allylic oxidation sites excluding steroid dienone is 2. The van der Waals surface area contributed by atoms with E-state index in [4.69, 9.17) is 5.73 Å². The van der Waals surface area contributed by atoms with Gasteiger partial charge in [0.25, 0.3) is 0 Å². The predicted molar refractivity (Wildman–Crippen MR) is 72.0 cm³/mol. The third-order valence-electron chi connectivity index (χ3n) is 5.08. The van der Waals surface area contributed by atoms with E-state index < -0.39 is 5.97 Å². The topological polar surface area (TPSA) is 63.3 Å². The fourth-order valence-electron chi connectivity index (χ4n) is 4.71. The quantitative estimate of drug-likeness (QED) is 0.758. The molecule has 3 nitrogen and oxygen atoms in total. The first-order valence-electron chi connectivity index (χ1n) is 6.77. The van der Waals surface area contributed by atoms with Gasteiger partial charge in [-0.2, -0.15) is 0 Å². The van der Waals surface area contributed by atoms with E-state index in [1.807, 2.05) is 20.8 Å². The van der Waals surface area contributed by atoms with Gasteiger partial charge in [-0.15, -0.1) is 0 Å². The maximum absolute atomic E-state index is 11.8. The van der Waals surface area contributed by atoms with Crippen molar-refractivity contribution in [1.82, 2.24) is 0 Å². The van der Waals surface area contributed by atoms with Gasteiger partial charge in [-0.1, -0.05) is 39.8 Å². The number of hydrogen-bond donors (Lipinski definition) is 2. The molecule has 0 aliphatic heterocycles. The van der Waals surface area contributed by atoms with Crippen molar-refractivity contribution in [1.29, 1.82) is 0 Å². The Balaban J connectivity index is 2.39. The average molecular weight is 251 g/mol. The van der Waals surface area contributed by atoms with E-state index in [9.17, 15) is 9.90 Å². The number of carboxylic acid groups (broad SMARTS) is 1. The average Bonchev–Trinajstić information content (AvgIpc) is 2.49. The Kier molecular flexibility index (Phi) is 2.89. The van der Waals surface area contributed by atoms with Gasteiger partial charge in [-0.3, -0.25) is 4.79 Å². The molecule has 1 saturated carbocycles. The van der Waals surface area contributed by atoms with Gasteiger partial charge in [0, 0.05) is 5.41 Å². The number of aliphatic carboxylic acids is 1. The summed E-state index contributed by atoms with van der Waals surface area (Å²) in [7, 11) is 0. The summed E-state index contributed by atoms with van der Waals surface area (Å²) in [6.07, 6.45) is 6.40. The highest BCUT2D eigenvalue weighted by Gasteiger charge is 2.66. The van der Waals surface area contributed by atoms with Crippen LogP contribution in [0.5, 0.6) is 0 Å². The summed E-state index contributed by atoms with van der Waals surface area (Å²) in [4.78, 5) is 11.8. The summed E-state index contributed by atoms with van der Waals surface area (Å²) in [5.41, 5.74) is 5.75. The minimum absolute atomic E-state index is 0.248. The standard InChI is InChI=1S/C15H25NO2/c1-13(2,3)11(12(17)18)15(9-16)8-14(4)7-5-6-10(14)15/h5-6,10-11H,7-9,16H2,1-4H3,(H,17,18)/t10-,11?,14+,15+/m1/s1. The molecular formula is C15H25NO2.